The first-order valence-corrected chi connectivity index (χ1v) is 8.14. The van der Waals surface area contributed by atoms with Crippen LogP contribution < -0.4 is 5.32 Å². The van der Waals surface area contributed by atoms with Gasteiger partial charge >= 0.3 is 6.18 Å². The van der Waals surface area contributed by atoms with Gasteiger partial charge in [-0.2, -0.15) is 18.3 Å². The number of carbonyl (C=O) groups is 1. The highest BCUT2D eigenvalue weighted by molar-refractivity contribution is 5.76. The summed E-state index contributed by atoms with van der Waals surface area (Å²) in [5, 5.41) is 6.05. The molecule has 0 unspecified atom stereocenters. The molecule has 0 aliphatic heterocycles. The van der Waals surface area contributed by atoms with E-state index in [1.807, 2.05) is 31.2 Å². The summed E-state index contributed by atoms with van der Waals surface area (Å²) >= 11 is 0. The van der Waals surface area contributed by atoms with Crippen molar-refractivity contribution in [3.63, 3.8) is 0 Å². The number of alkyl halides is 3. The number of hydrogen-bond donors (Lipinski definition) is 1. The molecule has 2 heterocycles. The topological polar surface area (TPSA) is 64.7 Å². The minimum Gasteiger partial charge on any atom is -0.354 e. The van der Waals surface area contributed by atoms with Crippen LogP contribution in [-0.2, 0) is 24.1 Å². The summed E-state index contributed by atoms with van der Waals surface area (Å²) in [7, 11) is 0. The van der Waals surface area contributed by atoms with Crippen LogP contribution in [0.25, 0.3) is 11.0 Å². The molecule has 3 aromatic rings. The van der Waals surface area contributed by atoms with Gasteiger partial charge in [0.25, 0.3) is 0 Å². The van der Waals surface area contributed by atoms with E-state index in [2.05, 4.69) is 20.0 Å². The highest BCUT2D eigenvalue weighted by Crippen LogP contribution is 2.27. The number of carbonyl (C=O) groups excluding carboxylic acids is 1. The van der Waals surface area contributed by atoms with E-state index in [-0.39, 0.29) is 12.5 Å². The average Bonchev–Trinajstić information content (AvgIpc) is 3.16. The molecule has 0 aliphatic rings. The third-order valence-electron chi connectivity index (χ3n) is 3.96. The number of rotatable bonds is 6. The van der Waals surface area contributed by atoms with E-state index in [4.69, 9.17) is 0 Å². The lowest BCUT2D eigenvalue weighted by Gasteiger charge is -2.08. The fourth-order valence-corrected chi connectivity index (χ4v) is 2.75. The van der Waals surface area contributed by atoms with Crippen molar-refractivity contribution in [3.05, 3.63) is 48.0 Å². The summed E-state index contributed by atoms with van der Waals surface area (Å²) in [6, 6.07) is 8.66. The van der Waals surface area contributed by atoms with E-state index < -0.39 is 11.9 Å². The van der Waals surface area contributed by atoms with Gasteiger partial charge in [0.15, 0.2) is 5.69 Å². The first-order chi connectivity index (χ1) is 12.3. The molecule has 1 amide bonds. The number of imidazole rings is 1. The Balaban J connectivity index is 1.48. The summed E-state index contributed by atoms with van der Waals surface area (Å²) in [4.78, 5) is 16.3. The fraction of sp³-hybridized carbons (Fsp3) is 0.353. The smallest absolute Gasteiger partial charge is 0.354 e. The molecule has 0 saturated carbocycles. The number of nitrogens with zero attached hydrogens (tertiary/aromatic N) is 4. The minimum atomic E-state index is -4.51. The Labute approximate surface area is 147 Å². The van der Waals surface area contributed by atoms with Crippen LogP contribution in [0.2, 0.25) is 0 Å². The lowest BCUT2D eigenvalue weighted by molar-refractivity contribution is -0.141. The molecule has 0 aliphatic carbocycles. The number of hydrogen-bond acceptors (Lipinski definition) is 3. The van der Waals surface area contributed by atoms with Crippen LogP contribution in [-0.4, -0.2) is 31.8 Å². The van der Waals surface area contributed by atoms with Crippen molar-refractivity contribution in [2.24, 2.45) is 0 Å². The summed E-state index contributed by atoms with van der Waals surface area (Å²) in [6.45, 7) is 2.78. The first kappa shape index (κ1) is 18.0. The zero-order valence-electron chi connectivity index (χ0n) is 14.1. The summed E-state index contributed by atoms with van der Waals surface area (Å²) in [6.07, 6.45) is -2.68. The number of amides is 1. The molecule has 1 aromatic carbocycles. The second-order valence-corrected chi connectivity index (χ2v) is 5.90. The molecule has 0 saturated heterocycles. The molecule has 9 heteroatoms. The second-order valence-electron chi connectivity index (χ2n) is 5.90. The van der Waals surface area contributed by atoms with Gasteiger partial charge in [0, 0.05) is 19.3 Å². The van der Waals surface area contributed by atoms with Crippen LogP contribution in [0.1, 0.15) is 17.9 Å². The van der Waals surface area contributed by atoms with Crippen LogP contribution in [0, 0.1) is 6.92 Å². The Morgan fingerprint density at radius 2 is 2.00 bits per heavy atom. The maximum atomic E-state index is 12.5. The summed E-state index contributed by atoms with van der Waals surface area (Å²) in [5.74, 6) is 0.516. The van der Waals surface area contributed by atoms with E-state index in [1.54, 1.807) is 0 Å². The van der Waals surface area contributed by atoms with Crippen molar-refractivity contribution in [2.45, 2.75) is 32.6 Å². The van der Waals surface area contributed by atoms with E-state index in [0.29, 0.717) is 19.5 Å². The average molecular weight is 365 g/mol. The number of benzene rings is 1. The Hall–Kier alpha value is -2.84. The highest BCUT2D eigenvalue weighted by atomic mass is 19.4. The third-order valence-corrected chi connectivity index (χ3v) is 3.96. The molecule has 0 bridgehead atoms. The van der Waals surface area contributed by atoms with Crippen molar-refractivity contribution in [3.8, 4) is 0 Å². The van der Waals surface area contributed by atoms with E-state index in [9.17, 15) is 18.0 Å². The molecule has 3 rings (SSSR count). The zero-order valence-corrected chi connectivity index (χ0v) is 14.1. The number of aryl methyl sites for hydroxylation is 2. The Kier molecular flexibility index (Phi) is 4.97. The maximum Gasteiger partial charge on any atom is 0.435 e. The van der Waals surface area contributed by atoms with Gasteiger partial charge in [0.2, 0.25) is 5.91 Å². The van der Waals surface area contributed by atoms with E-state index in [0.717, 1.165) is 33.8 Å². The SMILES string of the molecule is Cc1nc2ccccc2n1CCCNC(=O)Cn1ccc(C(F)(F)F)n1. The van der Waals surface area contributed by atoms with Crippen LogP contribution in [0.5, 0.6) is 0 Å². The Morgan fingerprint density at radius 1 is 1.23 bits per heavy atom. The van der Waals surface area contributed by atoms with Crippen molar-refractivity contribution < 1.29 is 18.0 Å². The standard InChI is InChI=1S/C17H18F3N5O/c1-12-22-13-5-2-3-6-14(13)25(12)9-4-8-21-16(26)11-24-10-7-15(23-24)17(18,19)20/h2-3,5-7,10H,4,8-9,11H2,1H3,(H,21,26). The molecule has 26 heavy (non-hydrogen) atoms. The number of nitrogens with one attached hydrogen (secondary N) is 1. The fourth-order valence-electron chi connectivity index (χ4n) is 2.75. The lowest BCUT2D eigenvalue weighted by atomic mass is 10.3. The third kappa shape index (κ3) is 4.04. The van der Waals surface area contributed by atoms with Crippen LogP contribution >= 0.6 is 0 Å². The highest BCUT2D eigenvalue weighted by Gasteiger charge is 2.33. The molecule has 2 aromatic heterocycles. The van der Waals surface area contributed by atoms with Crippen molar-refractivity contribution in [2.75, 3.05) is 6.54 Å². The molecule has 6 nitrogen and oxygen atoms in total. The van der Waals surface area contributed by atoms with Crippen molar-refractivity contribution in [1.82, 2.24) is 24.6 Å². The second kappa shape index (κ2) is 7.19. The lowest BCUT2D eigenvalue weighted by Crippen LogP contribution is -2.29. The molecule has 1 N–H and O–H groups in total. The van der Waals surface area contributed by atoms with Gasteiger partial charge in [-0.05, 0) is 31.5 Å². The van der Waals surface area contributed by atoms with Crippen LogP contribution in [0.15, 0.2) is 36.5 Å². The van der Waals surface area contributed by atoms with E-state index in [1.165, 1.54) is 0 Å². The van der Waals surface area contributed by atoms with Crippen molar-refractivity contribution in [1.29, 1.82) is 0 Å². The van der Waals surface area contributed by atoms with Crippen LogP contribution in [0.4, 0.5) is 13.2 Å². The zero-order chi connectivity index (χ0) is 18.7. The van der Waals surface area contributed by atoms with Gasteiger partial charge in [0.05, 0.1) is 11.0 Å². The molecule has 0 radical (unpaired) electrons. The predicted octanol–water partition coefficient (Wildman–Crippen LogP) is 2.77. The van der Waals surface area contributed by atoms with Crippen LogP contribution in [0.3, 0.4) is 0 Å². The first-order valence-electron chi connectivity index (χ1n) is 8.14. The monoisotopic (exact) mass is 365 g/mol. The number of halogens is 3. The maximum absolute atomic E-state index is 12.5. The molecular weight excluding hydrogens is 347 g/mol. The predicted molar refractivity (Wildman–Crippen MR) is 89.3 cm³/mol. The van der Waals surface area contributed by atoms with Gasteiger partial charge in [-0.15, -0.1) is 0 Å². The quantitative estimate of drug-likeness (QED) is 0.683. The molecule has 0 atom stereocenters. The van der Waals surface area contributed by atoms with Gasteiger partial charge in [-0.3, -0.25) is 9.48 Å². The van der Waals surface area contributed by atoms with Gasteiger partial charge in [-0.1, -0.05) is 12.1 Å². The Bertz CT molecular complexity index is 913. The largest absolute Gasteiger partial charge is 0.435 e. The van der Waals surface area contributed by atoms with Crippen molar-refractivity contribution >= 4 is 16.9 Å². The molecule has 0 fully saturated rings. The summed E-state index contributed by atoms with van der Waals surface area (Å²) < 4.78 is 40.5. The number of para-hydroxylation sites is 2. The van der Waals surface area contributed by atoms with Gasteiger partial charge in [0.1, 0.15) is 12.4 Å². The molecule has 138 valence electrons. The normalized spacial score (nSPS) is 11.8. The number of aromatic nitrogens is 4. The van der Waals surface area contributed by atoms with Gasteiger partial charge < -0.3 is 9.88 Å². The van der Waals surface area contributed by atoms with Gasteiger partial charge in [-0.25, -0.2) is 4.98 Å². The van der Waals surface area contributed by atoms with E-state index >= 15 is 0 Å². The Morgan fingerprint density at radius 3 is 2.73 bits per heavy atom. The number of fused-ring (bicyclic) bond motifs is 1. The molecular formula is C17H18F3N5O. The minimum absolute atomic E-state index is 0.247. The summed E-state index contributed by atoms with van der Waals surface area (Å²) in [5.41, 5.74) is 0.952. The molecule has 0 spiro atoms.